The summed E-state index contributed by atoms with van der Waals surface area (Å²) in [5.74, 6) is -0.472. The number of nitrogens with one attached hydrogen (secondary N) is 1. The van der Waals surface area contributed by atoms with Crippen molar-refractivity contribution in [2.75, 3.05) is 6.26 Å². The van der Waals surface area contributed by atoms with Crippen LogP contribution in [0.1, 0.15) is 13.3 Å². The van der Waals surface area contributed by atoms with Crippen LogP contribution in [0.4, 0.5) is 4.39 Å². The summed E-state index contributed by atoms with van der Waals surface area (Å²) in [5, 5.41) is 0.158. The van der Waals surface area contributed by atoms with Crippen LogP contribution in [0.3, 0.4) is 0 Å². The minimum atomic E-state index is -0.864. The Bertz CT molecular complexity index is 695. The number of H-pyrrole nitrogens is 1. The first-order chi connectivity index (χ1) is 8.90. The third-order valence-corrected chi connectivity index (χ3v) is 5.12. The molecule has 104 valence electrons. The van der Waals surface area contributed by atoms with E-state index < -0.39 is 16.6 Å². The SMILES string of the molecule is CC(CCn1c(=S)[nH]c2cc(F)c(Cl)cc21)S(C)=O. The Kier molecular flexibility index (Phi) is 4.43. The van der Waals surface area contributed by atoms with Gasteiger partial charge in [-0.1, -0.05) is 18.5 Å². The van der Waals surface area contributed by atoms with Crippen LogP contribution in [-0.2, 0) is 17.3 Å². The van der Waals surface area contributed by atoms with Gasteiger partial charge in [-0.2, -0.15) is 0 Å². The van der Waals surface area contributed by atoms with Crippen LogP contribution in [0.15, 0.2) is 12.1 Å². The first-order valence-electron chi connectivity index (χ1n) is 5.80. The van der Waals surface area contributed by atoms with Crippen LogP contribution in [0.2, 0.25) is 5.02 Å². The van der Waals surface area contributed by atoms with E-state index in [9.17, 15) is 8.60 Å². The Balaban J connectivity index is 2.38. The fourth-order valence-corrected chi connectivity index (χ4v) is 2.75. The molecule has 0 aliphatic heterocycles. The first-order valence-corrected chi connectivity index (χ1v) is 8.20. The second-order valence-corrected chi connectivity index (χ2v) is 7.06. The van der Waals surface area contributed by atoms with Crippen molar-refractivity contribution in [2.24, 2.45) is 0 Å². The van der Waals surface area contributed by atoms with E-state index in [0.717, 1.165) is 11.9 Å². The van der Waals surface area contributed by atoms with Crippen LogP contribution in [-0.4, -0.2) is 25.3 Å². The molecular formula is C12H14ClFN2OS2. The maximum atomic E-state index is 13.4. The monoisotopic (exact) mass is 320 g/mol. The van der Waals surface area contributed by atoms with Gasteiger partial charge in [0.1, 0.15) is 5.82 Å². The summed E-state index contributed by atoms with van der Waals surface area (Å²) >= 11 is 11.0. The van der Waals surface area contributed by atoms with E-state index in [2.05, 4.69) is 4.98 Å². The summed E-state index contributed by atoms with van der Waals surface area (Å²) in [5.41, 5.74) is 1.39. The number of aryl methyl sites for hydroxylation is 1. The molecule has 2 unspecified atom stereocenters. The summed E-state index contributed by atoms with van der Waals surface area (Å²) in [6, 6.07) is 2.90. The molecule has 2 rings (SSSR count). The Morgan fingerprint density at radius 1 is 1.58 bits per heavy atom. The molecule has 0 fully saturated rings. The number of halogens is 2. The van der Waals surface area contributed by atoms with Crippen LogP contribution >= 0.6 is 23.8 Å². The van der Waals surface area contributed by atoms with Gasteiger partial charge in [0.2, 0.25) is 0 Å². The lowest BCUT2D eigenvalue weighted by Gasteiger charge is -2.09. The Morgan fingerprint density at radius 3 is 2.89 bits per heavy atom. The highest BCUT2D eigenvalue weighted by Gasteiger charge is 2.11. The summed E-state index contributed by atoms with van der Waals surface area (Å²) in [6.45, 7) is 2.56. The number of aromatic amines is 1. The van der Waals surface area contributed by atoms with Crippen molar-refractivity contribution in [3.05, 3.63) is 27.7 Å². The zero-order chi connectivity index (χ0) is 14.2. The lowest BCUT2D eigenvalue weighted by molar-refractivity contribution is 0.623. The molecule has 1 aromatic carbocycles. The molecule has 19 heavy (non-hydrogen) atoms. The zero-order valence-corrected chi connectivity index (χ0v) is 13.0. The molecule has 2 atom stereocenters. The summed E-state index contributed by atoms with van der Waals surface area (Å²) in [4.78, 5) is 2.95. The van der Waals surface area contributed by atoms with Crippen molar-refractivity contribution < 1.29 is 8.60 Å². The highest BCUT2D eigenvalue weighted by atomic mass is 35.5. The molecule has 0 bridgehead atoms. The summed E-state index contributed by atoms with van der Waals surface area (Å²) < 4.78 is 27.1. The Labute approximate surface area is 123 Å². The number of benzene rings is 1. The maximum absolute atomic E-state index is 13.4. The van der Waals surface area contributed by atoms with Crippen LogP contribution < -0.4 is 0 Å². The van der Waals surface area contributed by atoms with Crippen molar-refractivity contribution in [2.45, 2.75) is 25.1 Å². The van der Waals surface area contributed by atoms with E-state index in [1.54, 1.807) is 12.3 Å². The van der Waals surface area contributed by atoms with Gasteiger partial charge in [-0.25, -0.2) is 4.39 Å². The van der Waals surface area contributed by atoms with E-state index in [4.69, 9.17) is 23.8 Å². The number of nitrogens with zero attached hydrogens (tertiary/aromatic N) is 1. The standard InChI is InChI=1S/C12H14ClFN2OS2/c1-7(19(2)17)3-4-16-11-5-8(13)9(14)6-10(11)15-12(16)18/h5-7H,3-4H2,1-2H3,(H,15,18). The van der Waals surface area contributed by atoms with Gasteiger partial charge in [0.15, 0.2) is 4.77 Å². The van der Waals surface area contributed by atoms with Gasteiger partial charge in [0.25, 0.3) is 0 Å². The molecule has 0 spiro atoms. The topological polar surface area (TPSA) is 37.8 Å². The predicted molar refractivity (Wildman–Crippen MR) is 80.2 cm³/mol. The average Bonchev–Trinajstić information content (AvgIpc) is 2.62. The van der Waals surface area contributed by atoms with Crippen LogP contribution in [0.25, 0.3) is 11.0 Å². The minimum Gasteiger partial charge on any atom is -0.330 e. The van der Waals surface area contributed by atoms with E-state index >= 15 is 0 Å². The molecule has 1 N–H and O–H groups in total. The predicted octanol–water partition coefficient (Wildman–Crippen LogP) is 3.65. The smallest absolute Gasteiger partial charge is 0.178 e. The molecule has 0 aliphatic rings. The molecule has 3 nitrogen and oxygen atoms in total. The highest BCUT2D eigenvalue weighted by Crippen LogP contribution is 2.23. The quantitative estimate of drug-likeness (QED) is 0.873. The summed E-state index contributed by atoms with van der Waals surface area (Å²) in [6.07, 6.45) is 2.42. The largest absolute Gasteiger partial charge is 0.330 e. The molecule has 7 heteroatoms. The molecule has 0 aliphatic carbocycles. The molecule has 1 aromatic heterocycles. The Morgan fingerprint density at radius 2 is 2.26 bits per heavy atom. The number of rotatable bonds is 4. The number of imidazole rings is 1. The molecular weight excluding hydrogens is 307 g/mol. The van der Waals surface area contributed by atoms with E-state index in [1.807, 2.05) is 11.5 Å². The van der Waals surface area contributed by atoms with Crippen molar-refractivity contribution in [1.82, 2.24) is 9.55 Å². The van der Waals surface area contributed by atoms with Gasteiger partial charge in [-0.05, 0) is 24.7 Å². The zero-order valence-electron chi connectivity index (χ0n) is 10.6. The molecule has 2 aromatic rings. The lowest BCUT2D eigenvalue weighted by atomic mass is 10.3. The number of aromatic nitrogens is 2. The molecule has 1 heterocycles. The third-order valence-electron chi connectivity index (χ3n) is 3.14. The van der Waals surface area contributed by atoms with Crippen LogP contribution in [0, 0.1) is 10.6 Å². The Hall–Kier alpha value is -0.720. The molecule has 0 radical (unpaired) electrons. The van der Waals surface area contributed by atoms with Gasteiger partial charge < -0.3 is 9.55 Å². The second-order valence-electron chi connectivity index (χ2n) is 4.46. The van der Waals surface area contributed by atoms with Gasteiger partial charge in [0.05, 0.1) is 16.1 Å². The fourth-order valence-electron chi connectivity index (χ4n) is 1.85. The first kappa shape index (κ1) is 14.7. The fraction of sp³-hybridized carbons (Fsp3) is 0.417. The number of hydrogen-bond acceptors (Lipinski definition) is 2. The van der Waals surface area contributed by atoms with Crippen LogP contribution in [0.5, 0.6) is 0 Å². The van der Waals surface area contributed by atoms with E-state index in [0.29, 0.717) is 16.8 Å². The minimum absolute atomic E-state index is 0.0716. The molecule has 0 saturated heterocycles. The van der Waals surface area contributed by atoms with Crippen molar-refractivity contribution in [3.63, 3.8) is 0 Å². The molecule has 0 saturated carbocycles. The van der Waals surface area contributed by atoms with Crippen molar-refractivity contribution in [3.8, 4) is 0 Å². The number of hydrogen-bond donors (Lipinski definition) is 1. The maximum Gasteiger partial charge on any atom is 0.178 e. The van der Waals surface area contributed by atoms with E-state index in [1.165, 1.54) is 6.07 Å². The third kappa shape index (κ3) is 3.07. The summed E-state index contributed by atoms with van der Waals surface area (Å²) in [7, 11) is -0.864. The second kappa shape index (κ2) is 5.73. The lowest BCUT2D eigenvalue weighted by Crippen LogP contribution is -2.12. The number of fused-ring (bicyclic) bond motifs is 1. The van der Waals surface area contributed by atoms with Gasteiger partial charge in [-0.15, -0.1) is 0 Å². The van der Waals surface area contributed by atoms with Gasteiger partial charge >= 0.3 is 0 Å². The molecule has 0 amide bonds. The highest BCUT2D eigenvalue weighted by molar-refractivity contribution is 7.84. The van der Waals surface area contributed by atoms with Gasteiger partial charge in [0, 0.05) is 34.9 Å². The van der Waals surface area contributed by atoms with Gasteiger partial charge in [-0.3, -0.25) is 4.21 Å². The van der Waals surface area contributed by atoms with E-state index in [-0.39, 0.29) is 10.3 Å². The normalized spacial score (nSPS) is 14.7. The van der Waals surface area contributed by atoms with Crippen molar-refractivity contribution in [1.29, 1.82) is 0 Å². The average molecular weight is 321 g/mol. The van der Waals surface area contributed by atoms with Crippen molar-refractivity contribution >= 4 is 45.7 Å².